The molecule has 74 valence electrons. The highest BCUT2D eigenvalue weighted by Crippen LogP contribution is 2.31. The highest BCUT2D eigenvalue weighted by Gasteiger charge is 2.35. The molecule has 0 saturated carbocycles. The van der Waals surface area contributed by atoms with E-state index in [-0.39, 0.29) is 5.76 Å². The third kappa shape index (κ3) is 2.22. The molecule has 1 rings (SSSR count). The van der Waals surface area contributed by atoms with Crippen molar-refractivity contribution in [3.8, 4) is 0 Å². The van der Waals surface area contributed by atoms with Gasteiger partial charge >= 0.3 is 6.18 Å². The third-order valence-electron chi connectivity index (χ3n) is 1.47. The number of rotatable bonds is 2. The van der Waals surface area contributed by atoms with E-state index >= 15 is 0 Å². The van der Waals surface area contributed by atoms with E-state index in [4.69, 9.17) is 10.8 Å². The fourth-order valence-corrected chi connectivity index (χ4v) is 0.794. The van der Waals surface area contributed by atoms with E-state index in [2.05, 4.69) is 4.42 Å². The summed E-state index contributed by atoms with van der Waals surface area (Å²) in [7, 11) is 0. The lowest BCUT2D eigenvalue weighted by molar-refractivity contribution is -0.153. The number of aliphatic hydroxyl groups excluding tert-OH is 1. The van der Waals surface area contributed by atoms with Crippen LogP contribution < -0.4 is 5.73 Å². The Morgan fingerprint density at radius 2 is 2.08 bits per heavy atom. The van der Waals surface area contributed by atoms with E-state index < -0.39 is 24.6 Å². The minimum atomic E-state index is -4.51. The molecule has 6 heteroatoms. The molecule has 1 atom stereocenters. The van der Waals surface area contributed by atoms with Crippen LogP contribution >= 0.6 is 0 Å². The van der Waals surface area contributed by atoms with Crippen molar-refractivity contribution in [3.05, 3.63) is 23.7 Å². The van der Waals surface area contributed by atoms with Gasteiger partial charge in [-0.15, -0.1) is 0 Å². The largest absolute Gasteiger partial charge is 0.455 e. The number of nitrogens with two attached hydrogens (primary N) is 1. The summed E-state index contributed by atoms with van der Waals surface area (Å²) in [5.74, 6) is -1.18. The van der Waals surface area contributed by atoms with E-state index in [1.165, 1.54) is 0 Å². The molecule has 1 unspecified atom stereocenters. The third-order valence-corrected chi connectivity index (χ3v) is 1.47. The lowest BCUT2D eigenvalue weighted by Crippen LogP contribution is -2.13. The van der Waals surface area contributed by atoms with E-state index in [1.54, 1.807) is 0 Å². The summed E-state index contributed by atoms with van der Waals surface area (Å²) in [6.07, 6.45) is -4.51. The molecule has 0 amide bonds. The van der Waals surface area contributed by atoms with Crippen LogP contribution in [0.2, 0.25) is 0 Å². The summed E-state index contributed by atoms with van der Waals surface area (Å²) in [5.41, 5.74) is 5.24. The van der Waals surface area contributed by atoms with Crippen LogP contribution in [0.1, 0.15) is 17.6 Å². The monoisotopic (exact) mass is 195 g/mol. The molecule has 0 radical (unpaired) electrons. The zero-order valence-corrected chi connectivity index (χ0v) is 6.51. The van der Waals surface area contributed by atoms with Crippen LogP contribution in [0, 0.1) is 0 Å². The van der Waals surface area contributed by atoms with Crippen molar-refractivity contribution in [1.82, 2.24) is 0 Å². The van der Waals surface area contributed by atoms with Gasteiger partial charge in [0, 0.05) is 0 Å². The lowest BCUT2D eigenvalue weighted by atomic mass is 10.2. The zero-order chi connectivity index (χ0) is 10.1. The average molecular weight is 195 g/mol. The number of halogens is 3. The molecule has 0 aliphatic carbocycles. The smallest absolute Gasteiger partial charge is 0.449 e. The SMILES string of the molecule is NC(CO)c1ccc(C(F)(F)F)o1. The molecule has 1 aromatic rings. The van der Waals surface area contributed by atoms with Gasteiger partial charge in [0.15, 0.2) is 0 Å². The Labute approximate surface area is 72.0 Å². The van der Waals surface area contributed by atoms with Gasteiger partial charge in [0.2, 0.25) is 5.76 Å². The van der Waals surface area contributed by atoms with Crippen molar-refractivity contribution in [1.29, 1.82) is 0 Å². The number of alkyl halides is 3. The average Bonchev–Trinajstić information content (AvgIpc) is 2.50. The number of aliphatic hydroxyl groups is 1. The van der Waals surface area contributed by atoms with Crippen molar-refractivity contribution in [3.63, 3.8) is 0 Å². The van der Waals surface area contributed by atoms with Gasteiger partial charge in [-0.3, -0.25) is 0 Å². The Balaban J connectivity index is 2.87. The van der Waals surface area contributed by atoms with Crippen LogP contribution in [0.3, 0.4) is 0 Å². The maximum atomic E-state index is 12.0. The standard InChI is InChI=1S/C7H8F3NO2/c8-7(9,10)6-2-1-5(13-6)4(11)3-12/h1-2,4,12H,3,11H2. The van der Waals surface area contributed by atoms with Gasteiger partial charge in [-0.05, 0) is 12.1 Å². The fraction of sp³-hybridized carbons (Fsp3) is 0.429. The van der Waals surface area contributed by atoms with Gasteiger partial charge in [-0.2, -0.15) is 13.2 Å². The molecule has 0 fully saturated rings. The molecule has 3 nitrogen and oxygen atoms in total. The van der Waals surface area contributed by atoms with Gasteiger partial charge in [0.25, 0.3) is 0 Å². The van der Waals surface area contributed by atoms with E-state index in [1.807, 2.05) is 0 Å². The van der Waals surface area contributed by atoms with Crippen molar-refractivity contribution < 1.29 is 22.7 Å². The fourth-order valence-electron chi connectivity index (χ4n) is 0.794. The lowest BCUT2D eigenvalue weighted by Gasteiger charge is -2.04. The Kier molecular flexibility index (Phi) is 2.63. The maximum Gasteiger partial charge on any atom is 0.449 e. The number of hydrogen-bond donors (Lipinski definition) is 2. The molecule has 0 aliphatic heterocycles. The summed E-state index contributed by atoms with van der Waals surface area (Å²) < 4.78 is 40.3. The Hall–Kier alpha value is -1.01. The van der Waals surface area contributed by atoms with E-state index in [9.17, 15) is 13.2 Å². The van der Waals surface area contributed by atoms with Crippen LogP contribution in [-0.2, 0) is 6.18 Å². The first-order valence-electron chi connectivity index (χ1n) is 3.48. The molecule has 0 saturated heterocycles. The van der Waals surface area contributed by atoms with Gasteiger partial charge in [0.05, 0.1) is 12.6 Å². The second-order valence-corrected chi connectivity index (χ2v) is 2.49. The maximum absolute atomic E-state index is 12.0. The minimum Gasteiger partial charge on any atom is -0.455 e. The van der Waals surface area contributed by atoms with Crippen LogP contribution in [0.5, 0.6) is 0 Å². The molecule has 1 aromatic heterocycles. The molecule has 13 heavy (non-hydrogen) atoms. The summed E-state index contributed by atoms with van der Waals surface area (Å²) >= 11 is 0. The van der Waals surface area contributed by atoms with Crippen LogP contribution in [0.4, 0.5) is 13.2 Å². The first-order valence-corrected chi connectivity index (χ1v) is 3.48. The quantitative estimate of drug-likeness (QED) is 0.747. The van der Waals surface area contributed by atoms with Crippen molar-refractivity contribution in [2.45, 2.75) is 12.2 Å². The molecule has 0 bridgehead atoms. The van der Waals surface area contributed by atoms with Crippen LogP contribution in [-0.4, -0.2) is 11.7 Å². The van der Waals surface area contributed by atoms with E-state index in [0.29, 0.717) is 0 Å². The normalized spacial score (nSPS) is 14.5. The second kappa shape index (κ2) is 3.39. The molecule has 3 N–H and O–H groups in total. The van der Waals surface area contributed by atoms with Crippen molar-refractivity contribution in [2.24, 2.45) is 5.73 Å². The topological polar surface area (TPSA) is 59.4 Å². The highest BCUT2D eigenvalue weighted by molar-refractivity contribution is 5.12. The predicted octanol–water partition coefficient (Wildman–Crippen LogP) is 1.29. The Morgan fingerprint density at radius 3 is 2.46 bits per heavy atom. The molecular formula is C7H8F3NO2. The van der Waals surface area contributed by atoms with E-state index in [0.717, 1.165) is 12.1 Å². The Morgan fingerprint density at radius 1 is 1.46 bits per heavy atom. The van der Waals surface area contributed by atoms with Crippen molar-refractivity contribution in [2.75, 3.05) is 6.61 Å². The highest BCUT2D eigenvalue weighted by atomic mass is 19.4. The first kappa shape index (κ1) is 10.1. The molecule has 0 spiro atoms. The summed E-state index contributed by atoms with van der Waals surface area (Å²) in [6, 6.07) is 0.977. The molecule has 0 aliphatic rings. The summed E-state index contributed by atoms with van der Waals surface area (Å²) in [4.78, 5) is 0. The molecule has 0 aromatic carbocycles. The first-order chi connectivity index (χ1) is 5.95. The van der Waals surface area contributed by atoms with Crippen molar-refractivity contribution >= 4 is 0 Å². The second-order valence-electron chi connectivity index (χ2n) is 2.49. The van der Waals surface area contributed by atoms with Gasteiger partial charge in [0.1, 0.15) is 5.76 Å². The summed E-state index contributed by atoms with van der Waals surface area (Å²) in [6.45, 7) is -0.454. The minimum absolute atomic E-state index is 0.0742. The zero-order valence-electron chi connectivity index (χ0n) is 6.51. The molecule has 1 heterocycles. The number of hydrogen-bond acceptors (Lipinski definition) is 3. The van der Waals surface area contributed by atoms with Crippen LogP contribution in [0.15, 0.2) is 16.5 Å². The number of furan rings is 1. The van der Waals surface area contributed by atoms with Gasteiger partial charge < -0.3 is 15.3 Å². The van der Waals surface area contributed by atoms with Gasteiger partial charge in [-0.1, -0.05) is 0 Å². The Bertz CT molecular complexity index is 282. The predicted molar refractivity (Wildman–Crippen MR) is 37.7 cm³/mol. The van der Waals surface area contributed by atoms with Crippen LogP contribution in [0.25, 0.3) is 0 Å². The molecular weight excluding hydrogens is 187 g/mol. The van der Waals surface area contributed by atoms with Gasteiger partial charge in [-0.25, -0.2) is 0 Å². The summed E-state index contributed by atoms with van der Waals surface area (Å²) in [5, 5.41) is 8.53.